The summed E-state index contributed by atoms with van der Waals surface area (Å²) in [6, 6.07) is 8.37. The SMILES string of the molecule is Cc1ccccc1C1=NCCN1CCN. The van der Waals surface area contributed by atoms with Crippen LogP contribution in [0.2, 0.25) is 0 Å². The molecule has 0 atom stereocenters. The Morgan fingerprint density at radius 3 is 2.93 bits per heavy atom. The Morgan fingerprint density at radius 2 is 2.20 bits per heavy atom. The van der Waals surface area contributed by atoms with Crippen molar-refractivity contribution in [1.82, 2.24) is 4.90 Å². The predicted molar refractivity (Wildman–Crippen MR) is 63.2 cm³/mol. The second-order valence-corrected chi connectivity index (χ2v) is 3.80. The van der Waals surface area contributed by atoms with Crippen LogP contribution in [0.5, 0.6) is 0 Å². The van der Waals surface area contributed by atoms with Crippen molar-refractivity contribution in [2.75, 3.05) is 26.2 Å². The van der Waals surface area contributed by atoms with Gasteiger partial charge in [-0.05, 0) is 12.5 Å². The third-order valence-corrected chi connectivity index (χ3v) is 2.72. The molecule has 80 valence electrons. The number of benzene rings is 1. The van der Waals surface area contributed by atoms with Crippen LogP contribution in [0.4, 0.5) is 0 Å². The Kier molecular flexibility index (Phi) is 3.02. The summed E-state index contributed by atoms with van der Waals surface area (Å²) in [5.74, 6) is 1.11. The number of nitrogens with zero attached hydrogens (tertiary/aromatic N) is 2. The average Bonchev–Trinajstić information content (AvgIpc) is 2.67. The zero-order valence-corrected chi connectivity index (χ0v) is 9.11. The highest BCUT2D eigenvalue weighted by molar-refractivity contribution is 6.00. The van der Waals surface area contributed by atoms with Crippen LogP contribution in [0.1, 0.15) is 11.1 Å². The Bertz CT molecular complexity index is 371. The highest BCUT2D eigenvalue weighted by Crippen LogP contribution is 2.14. The second kappa shape index (κ2) is 4.45. The first-order chi connectivity index (χ1) is 7.33. The first kappa shape index (κ1) is 10.2. The molecule has 3 nitrogen and oxygen atoms in total. The van der Waals surface area contributed by atoms with Gasteiger partial charge in [-0.2, -0.15) is 0 Å². The summed E-state index contributed by atoms with van der Waals surface area (Å²) in [6.45, 7) is 5.60. The van der Waals surface area contributed by atoms with E-state index in [1.165, 1.54) is 11.1 Å². The van der Waals surface area contributed by atoms with E-state index >= 15 is 0 Å². The quantitative estimate of drug-likeness (QED) is 0.796. The van der Waals surface area contributed by atoms with Crippen LogP contribution >= 0.6 is 0 Å². The standard InChI is InChI=1S/C12H17N3/c1-10-4-2-3-5-11(10)12-14-7-9-15(12)8-6-13/h2-5H,6-9,13H2,1H3. The monoisotopic (exact) mass is 203 g/mol. The maximum Gasteiger partial charge on any atom is 0.131 e. The first-order valence-corrected chi connectivity index (χ1v) is 5.38. The van der Waals surface area contributed by atoms with Crippen LogP contribution in [0.25, 0.3) is 0 Å². The molecule has 15 heavy (non-hydrogen) atoms. The average molecular weight is 203 g/mol. The molecule has 1 aliphatic rings. The van der Waals surface area contributed by atoms with Crippen molar-refractivity contribution in [3.63, 3.8) is 0 Å². The molecule has 0 radical (unpaired) electrons. The van der Waals surface area contributed by atoms with Gasteiger partial charge in [0.2, 0.25) is 0 Å². The molecule has 1 aromatic carbocycles. The van der Waals surface area contributed by atoms with Gasteiger partial charge in [-0.1, -0.05) is 24.3 Å². The van der Waals surface area contributed by atoms with E-state index in [1.807, 2.05) is 0 Å². The van der Waals surface area contributed by atoms with E-state index in [2.05, 4.69) is 41.1 Å². The predicted octanol–water partition coefficient (Wildman–Crippen LogP) is 1.02. The van der Waals surface area contributed by atoms with Crippen molar-refractivity contribution < 1.29 is 0 Å². The molecule has 2 N–H and O–H groups in total. The molecular formula is C12H17N3. The van der Waals surface area contributed by atoms with Gasteiger partial charge in [0.1, 0.15) is 5.84 Å². The fourth-order valence-electron chi connectivity index (χ4n) is 1.94. The Hall–Kier alpha value is -1.35. The number of nitrogens with two attached hydrogens (primary N) is 1. The van der Waals surface area contributed by atoms with Crippen LogP contribution < -0.4 is 5.73 Å². The van der Waals surface area contributed by atoms with Gasteiger partial charge in [-0.3, -0.25) is 4.99 Å². The molecule has 0 saturated heterocycles. The third kappa shape index (κ3) is 2.02. The van der Waals surface area contributed by atoms with Gasteiger partial charge >= 0.3 is 0 Å². The Balaban J connectivity index is 2.27. The highest BCUT2D eigenvalue weighted by Gasteiger charge is 2.18. The molecular weight excluding hydrogens is 186 g/mol. The number of aryl methyl sites for hydroxylation is 1. The summed E-state index contributed by atoms with van der Waals surface area (Å²) >= 11 is 0. The number of hydrogen-bond donors (Lipinski definition) is 1. The molecule has 2 rings (SSSR count). The molecule has 1 aliphatic heterocycles. The summed E-state index contributed by atoms with van der Waals surface area (Å²) in [6.07, 6.45) is 0. The normalized spacial score (nSPS) is 15.6. The number of hydrogen-bond acceptors (Lipinski definition) is 3. The minimum Gasteiger partial charge on any atom is -0.353 e. The molecule has 0 aliphatic carbocycles. The molecule has 0 amide bonds. The minimum absolute atomic E-state index is 0.685. The van der Waals surface area contributed by atoms with Gasteiger partial charge in [0.25, 0.3) is 0 Å². The maximum atomic E-state index is 5.59. The molecule has 0 aromatic heterocycles. The third-order valence-electron chi connectivity index (χ3n) is 2.72. The van der Waals surface area contributed by atoms with Crippen molar-refractivity contribution in [2.24, 2.45) is 10.7 Å². The van der Waals surface area contributed by atoms with Crippen LogP contribution in [0.3, 0.4) is 0 Å². The lowest BCUT2D eigenvalue weighted by atomic mass is 10.1. The molecule has 0 fully saturated rings. The van der Waals surface area contributed by atoms with Gasteiger partial charge in [-0.25, -0.2) is 0 Å². The van der Waals surface area contributed by atoms with Crippen LogP contribution in [-0.4, -0.2) is 36.9 Å². The van der Waals surface area contributed by atoms with Crippen molar-refractivity contribution >= 4 is 5.84 Å². The van der Waals surface area contributed by atoms with Crippen molar-refractivity contribution in [3.05, 3.63) is 35.4 Å². The zero-order valence-electron chi connectivity index (χ0n) is 9.11. The van der Waals surface area contributed by atoms with E-state index < -0.39 is 0 Å². The first-order valence-electron chi connectivity index (χ1n) is 5.38. The van der Waals surface area contributed by atoms with E-state index in [-0.39, 0.29) is 0 Å². The van der Waals surface area contributed by atoms with Crippen LogP contribution in [-0.2, 0) is 0 Å². The molecule has 1 heterocycles. The van der Waals surface area contributed by atoms with Gasteiger partial charge < -0.3 is 10.6 Å². The fourth-order valence-corrected chi connectivity index (χ4v) is 1.94. The van der Waals surface area contributed by atoms with Crippen LogP contribution in [0, 0.1) is 6.92 Å². The number of rotatable bonds is 3. The van der Waals surface area contributed by atoms with Gasteiger partial charge in [0, 0.05) is 25.2 Å². The smallest absolute Gasteiger partial charge is 0.131 e. The molecule has 1 aromatic rings. The van der Waals surface area contributed by atoms with Crippen molar-refractivity contribution in [3.8, 4) is 0 Å². The maximum absolute atomic E-state index is 5.59. The van der Waals surface area contributed by atoms with Gasteiger partial charge in [0.05, 0.1) is 6.54 Å². The summed E-state index contributed by atoms with van der Waals surface area (Å²) in [7, 11) is 0. The highest BCUT2D eigenvalue weighted by atomic mass is 15.2. The number of aliphatic imine (C=N–C) groups is 1. The minimum atomic E-state index is 0.685. The van der Waals surface area contributed by atoms with Crippen LogP contribution in [0.15, 0.2) is 29.3 Å². The zero-order chi connectivity index (χ0) is 10.7. The lowest BCUT2D eigenvalue weighted by Gasteiger charge is -2.20. The van der Waals surface area contributed by atoms with E-state index in [4.69, 9.17) is 5.73 Å². The van der Waals surface area contributed by atoms with Gasteiger partial charge in [0.15, 0.2) is 0 Å². The van der Waals surface area contributed by atoms with Gasteiger partial charge in [-0.15, -0.1) is 0 Å². The van der Waals surface area contributed by atoms with E-state index in [0.717, 1.165) is 25.5 Å². The van der Waals surface area contributed by atoms with E-state index in [0.29, 0.717) is 6.54 Å². The summed E-state index contributed by atoms with van der Waals surface area (Å²) < 4.78 is 0. The molecule has 0 spiro atoms. The van der Waals surface area contributed by atoms with Crippen molar-refractivity contribution in [2.45, 2.75) is 6.92 Å². The molecule has 0 saturated carbocycles. The topological polar surface area (TPSA) is 41.6 Å². The lowest BCUT2D eigenvalue weighted by molar-refractivity contribution is 0.468. The second-order valence-electron chi connectivity index (χ2n) is 3.80. The molecule has 0 bridgehead atoms. The largest absolute Gasteiger partial charge is 0.353 e. The van der Waals surface area contributed by atoms with E-state index in [9.17, 15) is 0 Å². The Morgan fingerprint density at radius 1 is 1.40 bits per heavy atom. The molecule has 0 unspecified atom stereocenters. The summed E-state index contributed by atoms with van der Waals surface area (Å²) in [5.41, 5.74) is 8.11. The van der Waals surface area contributed by atoms with E-state index in [1.54, 1.807) is 0 Å². The lowest BCUT2D eigenvalue weighted by Crippen LogP contribution is -2.33. The number of amidine groups is 1. The Labute approximate surface area is 90.6 Å². The van der Waals surface area contributed by atoms with Crippen molar-refractivity contribution in [1.29, 1.82) is 0 Å². The molecule has 3 heteroatoms. The summed E-state index contributed by atoms with van der Waals surface area (Å²) in [5, 5.41) is 0. The fraction of sp³-hybridized carbons (Fsp3) is 0.417. The summed E-state index contributed by atoms with van der Waals surface area (Å²) in [4.78, 5) is 6.82.